The lowest BCUT2D eigenvalue weighted by Crippen LogP contribution is -2.34. The number of pyridine rings is 1. The molecule has 1 saturated heterocycles. The Balaban J connectivity index is 1.77. The largest absolute Gasteiger partial charge is 0.350 e. The Morgan fingerprint density at radius 2 is 2.25 bits per heavy atom. The summed E-state index contributed by atoms with van der Waals surface area (Å²) in [6.07, 6.45) is 3.99. The standard InChI is InChI=1S/C15H20N4O/c1-12(11-19-6-2-3-7-19)9-18-15(20)14-5-4-13(8-16)10-17-14/h4-5,10,12H,2-3,6-7,9,11H2,1H3,(H,18,20). The molecule has 0 aromatic carbocycles. The van der Waals surface area contributed by atoms with E-state index in [1.165, 1.54) is 32.1 Å². The molecule has 5 nitrogen and oxygen atoms in total. The number of nitriles is 1. The van der Waals surface area contributed by atoms with Gasteiger partial charge in [-0.15, -0.1) is 0 Å². The second-order valence-electron chi connectivity index (χ2n) is 5.37. The summed E-state index contributed by atoms with van der Waals surface area (Å²) in [5.74, 6) is 0.248. The highest BCUT2D eigenvalue weighted by molar-refractivity contribution is 5.92. The summed E-state index contributed by atoms with van der Waals surface area (Å²) in [7, 11) is 0. The minimum Gasteiger partial charge on any atom is -0.350 e. The van der Waals surface area contributed by atoms with E-state index >= 15 is 0 Å². The van der Waals surface area contributed by atoms with Crippen LogP contribution in [0.2, 0.25) is 0 Å². The van der Waals surface area contributed by atoms with Crippen LogP contribution in [-0.2, 0) is 0 Å². The lowest BCUT2D eigenvalue weighted by molar-refractivity contribution is 0.0940. The van der Waals surface area contributed by atoms with Gasteiger partial charge >= 0.3 is 0 Å². The molecule has 106 valence electrons. The molecule has 1 atom stereocenters. The monoisotopic (exact) mass is 272 g/mol. The van der Waals surface area contributed by atoms with Gasteiger partial charge in [0, 0.05) is 19.3 Å². The maximum absolute atomic E-state index is 11.9. The Morgan fingerprint density at radius 1 is 1.50 bits per heavy atom. The molecule has 1 aromatic heterocycles. The zero-order valence-corrected chi connectivity index (χ0v) is 11.8. The Bertz CT molecular complexity index is 486. The van der Waals surface area contributed by atoms with Crippen molar-refractivity contribution in [2.24, 2.45) is 5.92 Å². The Hall–Kier alpha value is -1.93. The van der Waals surface area contributed by atoms with Crippen LogP contribution in [0.1, 0.15) is 35.8 Å². The van der Waals surface area contributed by atoms with Crippen molar-refractivity contribution in [3.05, 3.63) is 29.6 Å². The zero-order chi connectivity index (χ0) is 14.4. The van der Waals surface area contributed by atoms with Crippen molar-refractivity contribution in [3.8, 4) is 6.07 Å². The number of hydrogen-bond acceptors (Lipinski definition) is 4. The van der Waals surface area contributed by atoms with Gasteiger partial charge in [-0.05, 0) is 44.0 Å². The average molecular weight is 272 g/mol. The third kappa shape index (κ3) is 4.04. The number of rotatable bonds is 5. The molecule has 1 aliphatic heterocycles. The van der Waals surface area contributed by atoms with E-state index in [2.05, 4.69) is 22.1 Å². The molecule has 0 bridgehead atoms. The number of aromatic nitrogens is 1. The second-order valence-corrected chi connectivity index (χ2v) is 5.37. The van der Waals surface area contributed by atoms with Gasteiger partial charge in [-0.1, -0.05) is 6.92 Å². The van der Waals surface area contributed by atoms with E-state index in [0.717, 1.165) is 6.54 Å². The summed E-state index contributed by atoms with van der Waals surface area (Å²) in [5, 5.41) is 11.6. The first kappa shape index (κ1) is 14.5. The van der Waals surface area contributed by atoms with Crippen molar-refractivity contribution in [1.82, 2.24) is 15.2 Å². The van der Waals surface area contributed by atoms with Crippen LogP contribution < -0.4 is 5.32 Å². The Kier molecular flexibility index (Phi) is 5.08. The molecular formula is C15H20N4O. The fraction of sp³-hybridized carbons (Fsp3) is 0.533. The van der Waals surface area contributed by atoms with Crippen molar-refractivity contribution in [2.75, 3.05) is 26.2 Å². The minimum absolute atomic E-state index is 0.178. The first-order valence-electron chi connectivity index (χ1n) is 7.05. The third-order valence-corrected chi connectivity index (χ3v) is 3.50. The predicted molar refractivity (Wildman–Crippen MR) is 76.1 cm³/mol. The quantitative estimate of drug-likeness (QED) is 0.880. The fourth-order valence-corrected chi connectivity index (χ4v) is 2.42. The summed E-state index contributed by atoms with van der Waals surface area (Å²) in [6, 6.07) is 5.17. The predicted octanol–water partition coefficient (Wildman–Crippen LogP) is 1.41. The van der Waals surface area contributed by atoms with Crippen molar-refractivity contribution in [1.29, 1.82) is 5.26 Å². The van der Waals surface area contributed by atoms with Crippen LogP contribution in [0.25, 0.3) is 0 Å². The van der Waals surface area contributed by atoms with Crippen LogP contribution in [-0.4, -0.2) is 42.0 Å². The highest BCUT2D eigenvalue weighted by Crippen LogP contribution is 2.09. The van der Waals surface area contributed by atoms with Gasteiger partial charge in [-0.25, -0.2) is 4.98 Å². The maximum atomic E-state index is 11.9. The summed E-state index contributed by atoms with van der Waals surface area (Å²) in [6.45, 7) is 6.17. The van der Waals surface area contributed by atoms with Gasteiger partial charge < -0.3 is 10.2 Å². The molecule has 1 aliphatic rings. The number of carbonyl (C=O) groups excluding carboxylic acids is 1. The van der Waals surface area contributed by atoms with Crippen molar-refractivity contribution in [2.45, 2.75) is 19.8 Å². The average Bonchev–Trinajstić information content (AvgIpc) is 2.97. The number of nitrogens with zero attached hydrogens (tertiary/aromatic N) is 3. The van der Waals surface area contributed by atoms with Gasteiger partial charge in [0.25, 0.3) is 5.91 Å². The Morgan fingerprint density at radius 3 is 2.85 bits per heavy atom. The van der Waals surface area contributed by atoms with E-state index in [-0.39, 0.29) is 5.91 Å². The lowest BCUT2D eigenvalue weighted by Gasteiger charge is -2.20. The molecule has 1 amide bonds. The molecule has 0 saturated carbocycles. The van der Waals surface area contributed by atoms with Crippen LogP contribution in [0.15, 0.2) is 18.3 Å². The van der Waals surface area contributed by atoms with Gasteiger partial charge in [-0.3, -0.25) is 4.79 Å². The van der Waals surface area contributed by atoms with Crippen molar-refractivity contribution < 1.29 is 4.79 Å². The molecule has 1 unspecified atom stereocenters. The van der Waals surface area contributed by atoms with Gasteiger partial charge in [0.1, 0.15) is 11.8 Å². The molecule has 1 fully saturated rings. The van der Waals surface area contributed by atoms with Crippen LogP contribution in [0, 0.1) is 17.2 Å². The van der Waals surface area contributed by atoms with Crippen LogP contribution in [0.3, 0.4) is 0 Å². The molecule has 0 radical (unpaired) electrons. The smallest absolute Gasteiger partial charge is 0.269 e. The highest BCUT2D eigenvalue weighted by atomic mass is 16.1. The highest BCUT2D eigenvalue weighted by Gasteiger charge is 2.15. The molecule has 2 rings (SSSR count). The molecule has 1 N–H and O–H groups in total. The Labute approximate surface area is 119 Å². The topological polar surface area (TPSA) is 69.0 Å². The first-order chi connectivity index (χ1) is 9.69. The van der Waals surface area contributed by atoms with E-state index < -0.39 is 0 Å². The van der Waals surface area contributed by atoms with Crippen LogP contribution in [0.5, 0.6) is 0 Å². The molecule has 2 heterocycles. The van der Waals surface area contributed by atoms with E-state index in [0.29, 0.717) is 23.7 Å². The number of hydrogen-bond donors (Lipinski definition) is 1. The fourth-order valence-electron chi connectivity index (χ4n) is 2.42. The molecular weight excluding hydrogens is 252 g/mol. The third-order valence-electron chi connectivity index (χ3n) is 3.50. The maximum Gasteiger partial charge on any atom is 0.269 e. The normalized spacial score (nSPS) is 16.6. The second kappa shape index (κ2) is 7.01. The summed E-state index contributed by atoms with van der Waals surface area (Å²) in [5.41, 5.74) is 0.821. The lowest BCUT2D eigenvalue weighted by atomic mass is 10.1. The van der Waals surface area contributed by atoms with E-state index in [4.69, 9.17) is 5.26 Å². The number of amides is 1. The molecule has 5 heteroatoms. The number of likely N-dealkylation sites (tertiary alicyclic amines) is 1. The molecule has 0 aliphatic carbocycles. The van der Waals surface area contributed by atoms with Crippen LogP contribution >= 0.6 is 0 Å². The number of carbonyl (C=O) groups is 1. The minimum atomic E-state index is -0.178. The van der Waals surface area contributed by atoms with Gasteiger partial charge in [0.15, 0.2) is 0 Å². The molecule has 0 spiro atoms. The van der Waals surface area contributed by atoms with E-state index in [1.54, 1.807) is 12.1 Å². The number of nitrogens with one attached hydrogen (secondary N) is 1. The van der Waals surface area contributed by atoms with Gasteiger partial charge in [-0.2, -0.15) is 5.26 Å². The van der Waals surface area contributed by atoms with Crippen molar-refractivity contribution >= 4 is 5.91 Å². The van der Waals surface area contributed by atoms with E-state index in [1.807, 2.05) is 6.07 Å². The first-order valence-corrected chi connectivity index (χ1v) is 7.05. The summed E-state index contributed by atoms with van der Waals surface area (Å²) in [4.78, 5) is 18.3. The van der Waals surface area contributed by atoms with Gasteiger partial charge in [0.2, 0.25) is 0 Å². The summed E-state index contributed by atoms with van der Waals surface area (Å²) >= 11 is 0. The zero-order valence-electron chi connectivity index (χ0n) is 11.8. The summed E-state index contributed by atoms with van der Waals surface area (Å²) < 4.78 is 0. The van der Waals surface area contributed by atoms with Crippen molar-refractivity contribution in [3.63, 3.8) is 0 Å². The van der Waals surface area contributed by atoms with Crippen LogP contribution in [0.4, 0.5) is 0 Å². The van der Waals surface area contributed by atoms with E-state index in [9.17, 15) is 4.79 Å². The SMILES string of the molecule is CC(CNC(=O)c1ccc(C#N)cn1)CN1CCCC1. The van der Waals surface area contributed by atoms with Gasteiger partial charge in [0.05, 0.1) is 5.56 Å². The molecule has 20 heavy (non-hydrogen) atoms. The molecule has 1 aromatic rings.